The summed E-state index contributed by atoms with van der Waals surface area (Å²) < 4.78 is 5.45. The van der Waals surface area contributed by atoms with Crippen molar-refractivity contribution in [1.82, 2.24) is 10.4 Å². The zero-order valence-electron chi connectivity index (χ0n) is 13.8. The van der Waals surface area contributed by atoms with Crippen molar-refractivity contribution in [3.63, 3.8) is 0 Å². The molecule has 1 aromatic heterocycles. The predicted octanol–water partition coefficient (Wildman–Crippen LogP) is 0.181. The van der Waals surface area contributed by atoms with Gasteiger partial charge in [-0.1, -0.05) is 12.1 Å². The molecule has 0 spiro atoms. The zero-order chi connectivity index (χ0) is 18.5. The lowest BCUT2D eigenvalue weighted by molar-refractivity contribution is 0.0536. The average molecular weight is 354 g/mol. The van der Waals surface area contributed by atoms with Gasteiger partial charge in [-0.15, -0.1) is 0 Å². The van der Waals surface area contributed by atoms with Gasteiger partial charge in [-0.2, -0.15) is 0 Å². The number of ether oxygens (including phenoxy) is 1. The number of nitrogens with one attached hydrogen (secondary N) is 1. The van der Waals surface area contributed by atoms with Crippen LogP contribution < -0.4 is 20.9 Å². The summed E-state index contributed by atoms with van der Waals surface area (Å²) in [6.45, 7) is -0.438. The lowest BCUT2D eigenvalue weighted by atomic mass is 10.0. The van der Waals surface area contributed by atoms with Crippen LogP contribution in [-0.2, 0) is 4.79 Å². The summed E-state index contributed by atoms with van der Waals surface area (Å²) in [7, 11) is 0. The van der Waals surface area contributed by atoms with E-state index >= 15 is 0 Å². The number of nitrogens with zero attached hydrogens (tertiary/aromatic N) is 2. The van der Waals surface area contributed by atoms with Gasteiger partial charge in [0.1, 0.15) is 24.3 Å². The van der Waals surface area contributed by atoms with Gasteiger partial charge >= 0.3 is 0 Å². The Balaban J connectivity index is 1.93. The summed E-state index contributed by atoms with van der Waals surface area (Å²) in [5.74, 6) is 2.68. The van der Waals surface area contributed by atoms with Crippen LogP contribution in [0.5, 0.6) is 5.75 Å². The molecule has 3 rings (SSSR count). The largest absolute Gasteiger partial charge is 0.491 e. The van der Waals surface area contributed by atoms with Crippen molar-refractivity contribution >= 4 is 17.2 Å². The van der Waals surface area contributed by atoms with Gasteiger partial charge in [0.2, 0.25) is 0 Å². The molecule has 0 bridgehead atoms. The maximum Gasteiger partial charge on any atom is 0.152 e. The van der Waals surface area contributed by atoms with Crippen LogP contribution >= 0.6 is 0 Å². The van der Waals surface area contributed by atoms with Crippen molar-refractivity contribution in [1.29, 1.82) is 0 Å². The van der Waals surface area contributed by atoms with Crippen molar-refractivity contribution in [2.45, 2.75) is 6.10 Å². The number of hydrazine groups is 1. The number of anilines is 1. The molecule has 1 aromatic carbocycles. The van der Waals surface area contributed by atoms with E-state index in [1.807, 2.05) is 5.94 Å². The fourth-order valence-corrected chi connectivity index (χ4v) is 2.52. The number of hydrogen-bond acceptors (Lipinski definition) is 8. The third-order valence-corrected chi connectivity index (χ3v) is 3.77. The molecule has 0 saturated heterocycles. The summed E-state index contributed by atoms with van der Waals surface area (Å²) >= 11 is 0. The molecule has 1 unspecified atom stereocenters. The monoisotopic (exact) mass is 354 g/mol. The number of nitrogens with two attached hydrogens (primary N) is 1. The standard InChI is InChI=1S/C18H18N4O4/c19-18-17(12-2-1-3-15(8-12)26-11-14(25)9-23)16(10-24)21-22(18)13-4-6-20-7-5-13/h1-8,14,21,23,25H,9,11,19H2. The molecule has 26 heavy (non-hydrogen) atoms. The molecule has 0 aliphatic carbocycles. The number of allylic oxidation sites excluding steroid dienone is 1. The fraction of sp³-hybridized carbons (Fsp3) is 0.167. The lowest BCUT2D eigenvalue weighted by Gasteiger charge is -2.19. The van der Waals surface area contributed by atoms with Crippen LogP contribution in [0, 0.1) is 0 Å². The molecule has 8 nitrogen and oxygen atoms in total. The van der Waals surface area contributed by atoms with Crippen LogP contribution in [0.3, 0.4) is 0 Å². The Hall–Kier alpha value is -3.32. The Morgan fingerprint density at radius 1 is 1.31 bits per heavy atom. The predicted molar refractivity (Wildman–Crippen MR) is 95.2 cm³/mol. The Labute approximate surface area is 149 Å². The minimum absolute atomic E-state index is 0.0494. The van der Waals surface area contributed by atoms with Crippen LogP contribution in [-0.4, -0.2) is 40.5 Å². The van der Waals surface area contributed by atoms with E-state index in [2.05, 4.69) is 10.4 Å². The first kappa shape index (κ1) is 17.5. The summed E-state index contributed by atoms with van der Waals surface area (Å²) in [4.78, 5) is 15.4. The van der Waals surface area contributed by atoms with E-state index in [1.165, 1.54) is 0 Å². The van der Waals surface area contributed by atoms with Crippen molar-refractivity contribution in [3.05, 3.63) is 65.9 Å². The SMILES string of the molecule is NC1=C(c2cccc(OCC(O)CO)c2)C(=C=O)NN1c1ccncc1. The molecule has 0 radical (unpaired) electrons. The Kier molecular flexibility index (Phi) is 5.19. The molecule has 134 valence electrons. The minimum atomic E-state index is -0.969. The summed E-state index contributed by atoms with van der Waals surface area (Å²) in [6.07, 6.45) is 2.27. The Morgan fingerprint density at radius 3 is 2.77 bits per heavy atom. The van der Waals surface area contributed by atoms with Crippen molar-refractivity contribution in [2.75, 3.05) is 18.2 Å². The van der Waals surface area contributed by atoms with Crippen molar-refractivity contribution < 1.29 is 19.7 Å². The third kappa shape index (κ3) is 3.52. The number of benzene rings is 1. The van der Waals surface area contributed by atoms with Crippen LogP contribution in [0.4, 0.5) is 5.69 Å². The smallest absolute Gasteiger partial charge is 0.152 e. The second-order valence-corrected chi connectivity index (χ2v) is 5.57. The van der Waals surface area contributed by atoms with Gasteiger partial charge in [0.05, 0.1) is 17.9 Å². The number of aromatic nitrogens is 1. The zero-order valence-corrected chi connectivity index (χ0v) is 13.8. The maximum absolute atomic E-state index is 11.4. The molecule has 0 amide bonds. The van der Waals surface area contributed by atoms with Gasteiger partial charge < -0.3 is 20.7 Å². The summed E-state index contributed by atoms with van der Waals surface area (Å²) in [5.41, 5.74) is 11.2. The van der Waals surface area contributed by atoms with E-state index in [0.29, 0.717) is 22.7 Å². The van der Waals surface area contributed by atoms with Gasteiger partial charge in [-0.05, 0) is 29.8 Å². The number of aliphatic hydroxyl groups excluding tert-OH is 2. The minimum Gasteiger partial charge on any atom is -0.491 e. The number of hydrogen-bond donors (Lipinski definition) is 4. The first-order valence-corrected chi connectivity index (χ1v) is 7.88. The van der Waals surface area contributed by atoms with E-state index in [9.17, 15) is 9.90 Å². The average Bonchev–Trinajstić information content (AvgIpc) is 3.03. The molecule has 1 aliphatic rings. The highest BCUT2D eigenvalue weighted by Gasteiger charge is 2.28. The molecule has 8 heteroatoms. The van der Waals surface area contributed by atoms with Gasteiger partial charge in [0.25, 0.3) is 0 Å². The van der Waals surface area contributed by atoms with E-state index < -0.39 is 6.10 Å². The molecular weight excluding hydrogens is 336 g/mol. The highest BCUT2D eigenvalue weighted by molar-refractivity contribution is 5.93. The highest BCUT2D eigenvalue weighted by atomic mass is 16.5. The molecular formula is C18H18N4O4. The van der Waals surface area contributed by atoms with Crippen molar-refractivity contribution in [3.8, 4) is 5.75 Å². The number of carbonyl (C=O) groups excluding carboxylic acids is 1. The highest BCUT2D eigenvalue weighted by Crippen LogP contribution is 2.33. The molecule has 0 fully saturated rings. The summed E-state index contributed by atoms with van der Waals surface area (Å²) in [6, 6.07) is 10.4. The molecule has 0 saturated carbocycles. The Morgan fingerprint density at radius 2 is 2.08 bits per heavy atom. The normalized spacial score (nSPS) is 14.8. The van der Waals surface area contributed by atoms with E-state index in [1.54, 1.807) is 53.8 Å². The molecule has 2 heterocycles. The topological polar surface area (TPSA) is 121 Å². The first-order valence-electron chi connectivity index (χ1n) is 7.88. The second-order valence-electron chi connectivity index (χ2n) is 5.57. The van der Waals surface area contributed by atoms with Crippen LogP contribution in [0.25, 0.3) is 5.57 Å². The quantitative estimate of drug-likeness (QED) is 0.542. The number of rotatable bonds is 6. The third-order valence-electron chi connectivity index (χ3n) is 3.77. The Bertz CT molecular complexity index is 863. The van der Waals surface area contributed by atoms with E-state index in [0.717, 1.165) is 5.69 Å². The molecule has 1 aliphatic heterocycles. The number of pyridine rings is 1. The van der Waals surface area contributed by atoms with Crippen LogP contribution in [0.2, 0.25) is 0 Å². The number of aliphatic hydroxyl groups is 2. The van der Waals surface area contributed by atoms with E-state index in [-0.39, 0.29) is 18.9 Å². The second kappa shape index (κ2) is 7.71. The summed E-state index contributed by atoms with van der Waals surface area (Å²) in [5, 5.41) is 19.8. The maximum atomic E-state index is 11.4. The van der Waals surface area contributed by atoms with Gasteiger partial charge in [0.15, 0.2) is 11.6 Å². The van der Waals surface area contributed by atoms with Crippen LogP contribution in [0.1, 0.15) is 5.56 Å². The van der Waals surface area contributed by atoms with Gasteiger partial charge in [0, 0.05) is 12.4 Å². The fourth-order valence-electron chi connectivity index (χ4n) is 2.52. The van der Waals surface area contributed by atoms with Crippen molar-refractivity contribution in [2.24, 2.45) is 5.73 Å². The molecule has 1 atom stereocenters. The van der Waals surface area contributed by atoms with Crippen LogP contribution in [0.15, 0.2) is 60.3 Å². The van der Waals surface area contributed by atoms with Gasteiger partial charge in [-0.3, -0.25) is 10.4 Å². The lowest BCUT2D eigenvalue weighted by Crippen LogP contribution is -2.33. The molecule has 5 N–H and O–H groups in total. The molecule has 2 aromatic rings. The van der Waals surface area contributed by atoms with E-state index in [4.69, 9.17) is 15.6 Å². The van der Waals surface area contributed by atoms with Gasteiger partial charge in [-0.25, -0.2) is 9.80 Å². The first-order chi connectivity index (χ1) is 12.6.